The number of nitrogens with zero attached hydrogens (tertiary/aromatic N) is 2. The highest BCUT2D eigenvalue weighted by Gasteiger charge is 2.08. The van der Waals surface area contributed by atoms with Crippen LogP contribution in [-0.4, -0.2) is 16.9 Å². The van der Waals surface area contributed by atoms with Crippen LogP contribution in [0.15, 0.2) is 59.4 Å². The van der Waals surface area contributed by atoms with Crippen LogP contribution in [-0.2, 0) is 6.54 Å². The van der Waals surface area contributed by atoms with E-state index in [0.717, 1.165) is 11.3 Å². The van der Waals surface area contributed by atoms with Crippen molar-refractivity contribution in [2.24, 2.45) is 0 Å². The average Bonchev–Trinajstić information content (AvgIpc) is 2.59. The van der Waals surface area contributed by atoms with Gasteiger partial charge in [-0.1, -0.05) is 17.7 Å². The maximum absolute atomic E-state index is 13.1. The highest BCUT2D eigenvalue weighted by Crippen LogP contribution is 2.21. The molecule has 3 rings (SSSR count). The van der Waals surface area contributed by atoms with Gasteiger partial charge < -0.3 is 4.74 Å². The summed E-state index contributed by atoms with van der Waals surface area (Å²) >= 11 is 6.02. The Morgan fingerprint density at radius 3 is 2.54 bits per heavy atom. The fraction of sp³-hybridized carbons (Fsp3) is 0.111. The van der Waals surface area contributed by atoms with Crippen LogP contribution in [0.2, 0.25) is 5.02 Å². The first-order chi connectivity index (χ1) is 11.6. The van der Waals surface area contributed by atoms with E-state index in [1.54, 1.807) is 19.2 Å². The molecule has 0 saturated heterocycles. The summed E-state index contributed by atoms with van der Waals surface area (Å²) in [7, 11) is 1.60. The lowest BCUT2D eigenvalue weighted by atomic mass is 10.1. The van der Waals surface area contributed by atoms with Crippen LogP contribution in [0.25, 0.3) is 11.3 Å². The summed E-state index contributed by atoms with van der Waals surface area (Å²) in [6, 6.07) is 14.5. The minimum Gasteiger partial charge on any atom is -0.497 e. The maximum atomic E-state index is 13.1. The molecule has 0 unspecified atom stereocenters. The van der Waals surface area contributed by atoms with Crippen LogP contribution in [0.3, 0.4) is 0 Å². The predicted molar refractivity (Wildman–Crippen MR) is 91.0 cm³/mol. The third-order valence-electron chi connectivity index (χ3n) is 3.59. The molecule has 0 amide bonds. The minimum absolute atomic E-state index is 0.169. The summed E-state index contributed by atoms with van der Waals surface area (Å²) in [6.45, 7) is 0.169. The molecular weight excluding hydrogens is 331 g/mol. The van der Waals surface area contributed by atoms with Crippen LogP contribution in [0.1, 0.15) is 5.56 Å². The van der Waals surface area contributed by atoms with Gasteiger partial charge in [0.1, 0.15) is 11.6 Å². The van der Waals surface area contributed by atoms with Gasteiger partial charge in [0.2, 0.25) is 0 Å². The Balaban J connectivity index is 1.95. The molecule has 0 bridgehead atoms. The summed E-state index contributed by atoms with van der Waals surface area (Å²) in [5.41, 5.74) is 1.87. The Hall–Kier alpha value is -2.66. The molecule has 24 heavy (non-hydrogen) atoms. The minimum atomic E-state index is -0.420. The quantitative estimate of drug-likeness (QED) is 0.724. The molecule has 0 spiro atoms. The number of ether oxygens (including phenoxy) is 1. The number of hydrogen-bond donors (Lipinski definition) is 0. The third kappa shape index (κ3) is 3.46. The molecule has 0 aliphatic carbocycles. The van der Waals surface area contributed by atoms with E-state index in [0.29, 0.717) is 11.3 Å². The van der Waals surface area contributed by atoms with Crippen LogP contribution < -0.4 is 10.3 Å². The van der Waals surface area contributed by atoms with E-state index in [4.69, 9.17) is 16.3 Å². The van der Waals surface area contributed by atoms with Crippen molar-refractivity contribution >= 4 is 11.6 Å². The molecule has 0 N–H and O–H groups in total. The third-order valence-corrected chi connectivity index (χ3v) is 3.94. The molecule has 2 aromatic carbocycles. The molecule has 6 heteroatoms. The summed E-state index contributed by atoms with van der Waals surface area (Å²) in [5.74, 6) is 0.321. The SMILES string of the molecule is COc1ccc(-c2ccc(=O)n(Cc3ccc(F)cc3Cl)n2)cc1. The van der Waals surface area contributed by atoms with Crippen molar-refractivity contribution in [3.8, 4) is 17.0 Å². The Bertz CT molecular complexity index is 923. The van der Waals surface area contributed by atoms with Gasteiger partial charge in [0, 0.05) is 16.7 Å². The van der Waals surface area contributed by atoms with Gasteiger partial charge in [-0.15, -0.1) is 0 Å². The van der Waals surface area contributed by atoms with Crippen molar-refractivity contribution in [2.75, 3.05) is 7.11 Å². The number of aromatic nitrogens is 2. The van der Waals surface area contributed by atoms with E-state index >= 15 is 0 Å². The number of hydrogen-bond acceptors (Lipinski definition) is 3. The van der Waals surface area contributed by atoms with E-state index in [2.05, 4.69) is 5.10 Å². The zero-order chi connectivity index (χ0) is 17.1. The number of benzene rings is 2. The molecule has 122 valence electrons. The zero-order valence-corrected chi connectivity index (χ0v) is 13.6. The summed E-state index contributed by atoms with van der Waals surface area (Å²) in [6.07, 6.45) is 0. The first-order valence-electron chi connectivity index (χ1n) is 7.23. The van der Waals surface area contributed by atoms with Crippen molar-refractivity contribution in [1.29, 1.82) is 0 Å². The van der Waals surface area contributed by atoms with Crippen molar-refractivity contribution in [1.82, 2.24) is 9.78 Å². The van der Waals surface area contributed by atoms with Crippen molar-refractivity contribution in [3.63, 3.8) is 0 Å². The van der Waals surface area contributed by atoms with E-state index in [1.165, 1.54) is 22.9 Å². The largest absolute Gasteiger partial charge is 0.497 e. The molecule has 0 atom stereocenters. The summed E-state index contributed by atoms with van der Waals surface area (Å²) < 4.78 is 19.6. The standard InChI is InChI=1S/C18H14ClFN2O2/c1-24-15-6-3-12(4-7-15)17-8-9-18(23)22(21-17)11-13-2-5-14(20)10-16(13)19/h2-10H,11H2,1H3. The lowest BCUT2D eigenvalue weighted by Crippen LogP contribution is -2.23. The molecule has 1 aromatic heterocycles. The van der Waals surface area contributed by atoms with Gasteiger partial charge in [0.15, 0.2) is 0 Å². The fourth-order valence-electron chi connectivity index (χ4n) is 2.29. The molecular formula is C18H14ClFN2O2. The summed E-state index contributed by atoms with van der Waals surface area (Å²) in [4.78, 5) is 12.0. The van der Waals surface area contributed by atoms with Crippen molar-refractivity contribution < 1.29 is 9.13 Å². The maximum Gasteiger partial charge on any atom is 0.267 e. The van der Waals surface area contributed by atoms with Crippen molar-refractivity contribution in [3.05, 3.63) is 81.4 Å². The van der Waals surface area contributed by atoms with Gasteiger partial charge in [-0.05, 0) is 48.0 Å². The Kier molecular flexibility index (Phi) is 4.62. The second-order valence-corrected chi connectivity index (χ2v) is 5.59. The van der Waals surface area contributed by atoms with Gasteiger partial charge in [0.05, 0.1) is 19.3 Å². The molecule has 0 aliphatic rings. The van der Waals surface area contributed by atoms with Crippen LogP contribution in [0, 0.1) is 5.82 Å². The molecule has 0 fully saturated rings. The molecule has 0 aliphatic heterocycles. The number of methoxy groups -OCH3 is 1. The van der Waals surface area contributed by atoms with Gasteiger partial charge in [-0.25, -0.2) is 9.07 Å². The van der Waals surface area contributed by atoms with E-state index in [9.17, 15) is 9.18 Å². The fourth-order valence-corrected chi connectivity index (χ4v) is 2.52. The zero-order valence-electron chi connectivity index (χ0n) is 12.9. The Morgan fingerprint density at radius 2 is 1.88 bits per heavy atom. The molecule has 0 radical (unpaired) electrons. The second kappa shape index (κ2) is 6.84. The molecule has 3 aromatic rings. The van der Waals surface area contributed by atoms with Crippen LogP contribution in [0.5, 0.6) is 5.75 Å². The predicted octanol–water partition coefficient (Wildman–Crippen LogP) is 3.76. The first-order valence-corrected chi connectivity index (χ1v) is 7.61. The lowest BCUT2D eigenvalue weighted by Gasteiger charge is -2.09. The van der Waals surface area contributed by atoms with Gasteiger partial charge in [0.25, 0.3) is 5.56 Å². The van der Waals surface area contributed by atoms with E-state index < -0.39 is 5.82 Å². The van der Waals surface area contributed by atoms with E-state index in [-0.39, 0.29) is 17.1 Å². The van der Waals surface area contributed by atoms with Gasteiger partial charge in [-0.3, -0.25) is 4.79 Å². The monoisotopic (exact) mass is 344 g/mol. The Morgan fingerprint density at radius 1 is 1.12 bits per heavy atom. The molecule has 0 saturated carbocycles. The smallest absolute Gasteiger partial charge is 0.267 e. The lowest BCUT2D eigenvalue weighted by molar-refractivity contribution is 0.415. The van der Waals surface area contributed by atoms with Crippen LogP contribution >= 0.6 is 11.6 Å². The van der Waals surface area contributed by atoms with E-state index in [1.807, 2.05) is 24.3 Å². The normalized spacial score (nSPS) is 10.6. The molecule has 4 nitrogen and oxygen atoms in total. The summed E-state index contributed by atoms with van der Waals surface area (Å²) in [5, 5.41) is 4.63. The highest BCUT2D eigenvalue weighted by molar-refractivity contribution is 6.31. The number of rotatable bonds is 4. The van der Waals surface area contributed by atoms with Gasteiger partial charge in [-0.2, -0.15) is 5.10 Å². The number of halogens is 2. The molecule has 1 heterocycles. The highest BCUT2D eigenvalue weighted by atomic mass is 35.5. The van der Waals surface area contributed by atoms with Crippen molar-refractivity contribution in [2.45, 2.75) is 6.54 Å². The first kappa shape index (κ1) is 16.2. The average molecular weight is 345 g/mol. The van der Waals surface area contributed by atoms with Gasteiger partial charge >= 0.3 is 0 Å². The Labute approximate surface area is 143 Å². The van der Waals surface area contributed by atoms with Crippen LogP contribution in [0.4, 0.5) is 4.39 Å². The topological polar surface area (TPSA) is 44.1 Å². The second-order valence-electron chi connectivity index (χ2n) is 5.18.